The van der Waals surface area contributed by atoms with Gasteiger partial charge in [0.25, 0.3) is 0 Å². The Labute approximate surface area is 120 Å². The van der Waals surface area contributed by atoms with Crippen LogP contribution in [0.2, 0.25) is 0 Å². The summed E-state index contributed by atoms with van der Waals surface area (Å²) < 4.78 is 0.800. The topological polar surface area (TPSA) is 173 Å². The largest absolute Gasteiger partial charge is 0.424 e. The first-order valence-corrected chi connectivity index (χ1v) is 4.77. The Bertz CT molecular complexity index is 717. The molecule has 1 heterocycles. The summed E-state index contributed by atoms with van der Waals surface area (Å²) in [5.74, 6) is 0. The summed E-state index contributed by atoms with van der Waals surface area (Å²) >= 11 is 0. The van der Waals surface area contributed by atoms with Gasteiger partial charge in [-0.2, -0.15) is 4.68 Å². The molecule has 110 valence electrons. The first kappa shape index (κ1) is 15.8. The molecule has 0 unspecified atom stereocenters. The molecule has 2 aromatic rings. The van der Waals surface area contributed by atoms with Crippen LogP contribution in [0.1, 0.15) is 0 Å². The van der Waals surface area contributed by atoms with Crippen molar-refractivity contribution < 1.29 is 14.8 Å². The van der Waals surface area contributed by atoms with E-state index in [0.717, 1.165) is 23.1 Å². The lowest BCUT2D eigenvalue weighted by molar-refractivity contribution is -0.440. The molecule has 1 aromatic heterocycles. The van der Waals surface area contributed by atoms with Crippen LogP contribution in [0.15, 0.2) is 18.5 Å². The van der Waals surface area contributed by atoms with Crippen LogP contribution in [0.3, 0.4) is 0 Å². The average Bonchev–Trinajstić information content (AvgIpc) is 2.90. The molecule has 0 fully saturated rings. The monoisotopic (exact) mass is 317 g/mol. The molecule has 0 radical (unpaired) electrons. The molecule has 0 aliphatic heterocycles. The number of rotatable bonds is 4. The third-order valence-electron chi connectivity index (χ3n) is 2.27. The van der Waals surface area contributed by atoms with E-state index in [1.165, 1.54) is 0 Å². The van der Waals surface area contributed by atoms with Crippen molar-refractivity contribution in [2.75, 3.05) is 0 Å². The summed E-state index contributed by atoms with van der Waals surface area (Å²) in [6.45, 7) is 0. The van der Waals surface area contributed by atoms with E-state index in [9.17, 15) is 30.3 Å². The van der Waals surface area contributed by atoms with Crippen molar-refractivity contribution >= 4 is 29.5 Å². The molecule has 0 saturated carbocycles. The third-order valence-corrected chi connectivity index (χ3v) is 2.27. The van der Waals surface area contributed by atoms with Crippen LogP contribution in [-0.4, -0.2) is 35.0 Å². The Balaban J connectivity index is 0.00000220. The minimum Gasteiger partial charge on any atom is -0.258 e. The van der Waals surface area contributed by atoms with Gasteiger partial charge in [-0.05, 0) is 16.5 Å². The number of hydrogen-bond acceptors (Lipinski definition) is 9. The number of nitro groups is 3. The fraction of sp³-hybridized carbons (Fsp3) is 0. The van der Waals surface area contributed by atoms with Crippen LogP contribution in [-0.2, 0) is 0 Å². The number of aromatic nitrogens is 4. The van der Waals surface area contributed by atoms with Gasteiger partial charge >= 0.3 is 17.1 Å². The molecule has 0 bridgehead atoms. The molecular formula is C7H4ClN7O6. The van der Waals surface area contributed by atoms with Crippen LogP contribution in [0.4, 0.5) is 17.1 Å². The molecule has 2 rings (SSSR count). The van der Waals surface area contributed by atoms with Gasteiger partial charge in [0.05, 0.1) is 14.8 Å². The van der Waals surface area contributed by atoms with Crippen molar-refractivity contribution in [3.05, 3.63) is 48.8 Å². The summed E-state index contributed by atoms with van der Waals surface area (Å²) in [4.78, 5) is 29.3. The second kappa shape index (κ2) is 5.83. The van der Waals surface area contributed by atoms with Gasteiger partial charge in [0.2, 0.25) is 0 Å². The molecule has 14 heteroatoms. The van der Waals surface area contributed by atoms with Crippen LogP contribution < -0.4 is 0 Å². The first-order valence-electron chi connectivity index (χ1n) is 4.77. The Morgan fingerprint density at radius 1 is 0.952 bits per heavy atom. The molecule has 0 aliphatic carbocycles. The molecular weight excluding hydrogens is 314 g/mol. The molecule has 21 heavy (non-hydrogen) atoms. The number of hydrogen-bond donors (Lipinski definition) is 0. The molecule has 0 saturated heterocycles. The van der Waals surface area contributed by atoms with Crippen molar-refractivity contribution in [1.29, 1.82) is 0 Å². The Kier molecular flexibility index (Phi) is 4.39. The standard InChI is InChI=1S/C7H3N7O6.ClH/c15-12(16)5-2-1-4(11-3-8-9-10-11)6(13(17)18)7(5)14(19)20;/h1-3H;1H. The quantitative estimate of drug-likeness (QED) is 0.583. The highest BCUT2D eigenvalue weighted by Gasteiger charge is 2.39. The molecule has 0 spiro atoms. The maximum Gasteiger partial charge on any atom is 0.424 e. The number of nitro benzene ring substituents is 3. The van der Waals surface area contributed by atoms with Gasteiger partial charge in [-0.3, -0.25) is 30.3 Å². The predicted octanol–water partition coefficient (Wildman–Crippen LogP) is 0.809. The second-order valence-corrected chi connectivity index (χ2v) is 3.33. The summed E-state index contributed by atoms with van der Waals surface area (Å²) in [5, 5.41) is 42.5. The van der Waals surface area contributed by atoms with Crippen molar-refractivity contribution in [3.8, 4) is 5.69 Å². The van der Waals surface area contributed by atoms with Gasteiger partial charge in [0.1, 0.15) is 6.33 Å². The minimum absolute atomic E-state index is 0. The van der Waals surface area contributed by atoms with Crippen LogP contribution in [0, 0.1) is 30.3 Å². The van der Waals surface area contributed by atoms with E-state index in [-0.39, 0.29) is 18.1 Å². The van der Waals surface area contributed by atoms with Crippen LogP contribution >= 0.6 is 12.4 Å². The fourth-order valence-corrected chi connectivity index (χ4v) is 1.52. The van der Waals surface area contributed by atoms with Gasteiger partial charge in [0.15, 0.2) is 5.69 Å². The Morgan fingerprint density at radius 2 is 1.57 bits per heavy atom. The molecule has 0 N–H and O–H groups in total. The third kappa shape index (κ3) is 2.71. The van der Waals surface area contributed by atoms with Crippen molar-refractivity contribution in [2.24, 2.45) is 0 Å². The second-order valence-electron chi connectivity index (χ2n) is 3.33. The zero-order valence-corrected chi connectivity index (χ0v) is 10.5. The summed E-state index contributed by atoms with van der Waals surface area (Å²) in [6, 6.07) is 1.74. The van der Waals surface area contributed by atoms with Crippen LogP contribution in [0.5, 0.6) is 0 Å². The van der Waals surface area contributed by atoms with Gasteiger partial charge in [-0.1, -0.05) is 0 Å². The SMILES string of the molecule is Cl.O=[N+]([O-])c1ccc(-n2cnnn2)c([N+](=O)[O-])c1[N+](=O)[O-]. The lowest BCUT2D eigenvalue weighted by atomic mass is 10.2. The highest BCUT2D eigenvalue weighted by Crippen LogP contribution is 2.40. The smallest absolute Gasteiger partial charge is 0.258 e. The zero-order chi connectivity index (χ0) is 14.9. The van der Waals surface area contributed by atoms with Crippen molar-refractivity contribution in [2.45, 2.75) is 0 Å². The number of benzene rings is 1. The average molecular weight is 318 g/mol. The summed E-state index contributed by atoms with van der Waals surface area (Å²) in [7, 11) is 0. The van der Waals surface area contributed by atoms with E-state index in [1.54, 1.807) is 0 Å². The molecule has 0 amide bonds. The highest BCUT2D eigenvalue weighted by molar-refractivity contribution is 5.85. The highest BCUT2D eigenvalue weighted by atomic mass is 35.5. The summed E-state index contributed by atoms with van der Waals surface area (Å²) in [5.41, 5.74) is -3.62. The van der Waals surface area contributed by atoms with Gasteiger partial charge in [-0.25, -0.2) is 0 Å². The fourth-order valence-electron chi connectivity index (χ4n) is 1.52. The summed E-state index contributed by atoms with van der Waals surface area (Å²) in [6.07, 6.45) is 0.970. The molecule has 0 atom stereocenters. The zero-order valence-electron chi connectivity index (χ0n) is 9.72. The van der Waals surface area contributed by atoms with E-state index < -0.39 is 31.8 Å². The molecule has 13 nitrogen and oxygen atoms in total. The first-order chi connectivity index (χ1) is 9.43. The van der Waals surface area contributed by atoms with Gasteiger partial charge in [-0.15, -0.1) is 17.5 Å². The minimum atomic E-state index is -1.23. The number of halogens is 1. The molecule has 0 aliphatic rings. The van der Waals surface area contributed by atoms with E-state index in [4.69, 9.17) is 0 Å². The Hall–Kier alpha value is -3.22. The normalized spacial score (nSPS) is 9.71. The number of tetrazole rings is 1. The predicted molar refractivity (Wildman–Crippen MR) is 66.4 cm³/mol. The lowest BCUT2D eigenvalue weighted by Crippen LogP contribution is -2.07. The van der Waals surface area contributed by atoms with E-state index >= 15 is 0 Å². The van der Waals surface area contributed by atoms with Crippen molar-refractivity contribution in [3.63, 3.8) is 0 Å². The maximum absolute atomic E-state index is 11.0. The van der Waals surface area contributed by atoms with Gasteiger partial charge < -0.3 is 0 Å². The maximum atomic E-state index is 11.0. The number of nitrogens with zero attached hydrogens (tertiary/aromatic N) is 7. The van der Waals surface area contributed by atoms with Crippen molar-refractivity contribution in [1.82, 2.24) is 20.2 Å². The lowest BCUT2D eigenvalue weighted by Gasteiger charge is -2.02. The molecule has 1 aromatic carbocycles. The van der Waals surface area contributed by atoms with E-state index in [2.05, 4.69) is 15.5 Å². The van der Waals surface area contributed by atoms with E-state index in [1.807, 2.05) is 0 Å². The van der Waals surface area contributed by atoms with E-state index in [0.29, 0.717) is 0 Å². The Morgan fingerprint density at radius 3 is 2.00 bits per heavy atom. The van der Waals surface area contributed by atoms with Crippen LogP contribution in [0.25, 0.3) is 5.69 Å². The van der Waals surface area contributed by atoms with Gasteiger partial charge in [0, 0.05) is 6.07 Å².